The summed E-state index contributed by atoms with van der Waals surface area (Å²) in [5.74, 6) is -0.345. The number of carbonyl (C=O) groups excluding carboxylic acids is 1. The molecule has 0 saturated heterocycles. The molecule has 0 fully saturated rings. The molecule has 1 amide bonds. The Labute approximate surface area is 89.9 Å². The molecule has 1 rings (SSSR count). The molecule has 1 aromatic rings. The van der Waals surface area contributed by atoms with Crippen molar-refractivity contribution in [3.63, 3.8) is 0 Å². The monoisotopic (exact) mass is 207 g/mol. The van der Waals surface area contributed by atoms with E-state index in [1.807, 2.05) is 37.3 Å². The van der Waals surface area contributed by atoms with E-state index >= 15 is 0 Å². The number of amides is 1. The van der Waals surface area contributed by atoms with Gasteiger partial charge in [-0.05, 0) is 25.3 Å². The van der Waals surface area contributed by atoms with Crippen LogP contribution in [0.3, 0.4) is 0 Å². The Morgan fingerprint density at radius 1 is 1.40 bits per heavy atom. The Hall–Kier alpha value is -1.35. The molecule has 1 atom stereocenters. The largest absolute Gasteiger partial charge is 0.396 e. The predicted octanol–water partition coefficient (Wildman–Crippen LogP) is 1.20. The summed E-state index contributed by atoms with van der Waals surface area (Å²) in [6.45, 7) is 1.90. The molecule has 1 aromatic carbocycles. The van der Waals surface area contributed by atoms with Crippen molar-refractivity contribution in [1.29, 1.82) is 0 Å². The normalized spacial score (nSPS) is 14.5. The first-order chi connectivity index (χ1) is 7.11. The minimum Gasteiger partial charge on any atom is -0.396 e. The van der Waals surface area contributed by atoms with Crippen molar-refractivity contribution in [3.8, 4) is 0 Å². The molecule has 0 heterocycles. The van der Waals surface area contributed by atoms with Crippen LogP contribution in [-0.2, 0) is 10.2 Å². The van der Waals surface area contributed by atoms with Gasteiger partial charge >= 0.3 is 0 Å². The molecule has 0 aromatic heterocycles. The first-order valence-electron chi connectivity index (χ1n) is 5.07. The minimum atomic E-state index is -0.677. The van der Waals surface area contributed by atoms with Gasteiger partial charge in [-0.15, -0.1) is 0 Å². The molecule has 0 aliphatic rings. The lowest BCUT2D eigenvalue weighted by Crippen LogP contribution is -2.38. The number of benzene rings is 1. The number of rotatable bonds is 5. The van der Waals surface area contributed by atoms with E-state index in [0.29, 0.717) is 12.8 Å². The maximum atomic E-state index is 11.5. The quantitative estimate of drug-likeness (QED) is 0.762. The Balaban J connectivity index is 2.96. The van der Waals surface area contributed by atoms with Crippen LogP contribution in [0.2, 0.25) is 0 Å². The van der Waals surface area contributed by atoms with Gasteiger partial charge in [-0.2, -0.15) is 0 Å². The predicted molar refractivity (Wildman–Crippen MR) is 59.3 cm³/mol. The number of hydrogen-bond donors (Lipinski definition) is 2. The lowest BCUT2D eigenvalue weighted by molar-refractivity contribution is -0.123. The summed E-state index contributed by atoms with van der Waals surface area (Å²) in [7, 11) is 0. The van der Waals surface area contributed by atoms with Gasteiger partial charge in [0.05, 0.1) is 5.41 Å². The van der Waals surface area contributed by atoms with Crippen molar-refractivity contribution < 1.29 is 9.90 Å². The summed E-state index contributed by atoms with van der Waals surface area (Å²) in [5.41, 5.74) is 5.65. The lowest BCUT2D eigenvalue weighted by Gasteiger charge is -2.26. The van der Waals surface area contributed by atoms with Crippen LogP contribution in [0, 0.1) is 0 Å². The van der Waals surface area contributed by atoms with Crippen molar-refractivity contribution in [2.24, 2.45) is 5.73 Å². The second kappa shape index (κ2) is 4.94. The first-order valence-corrected chi connectivity index (χ1v) is 5.07. The lowest BCUT2D eigenvalue weighted by atomic mass is 9.78. The second-order valence-corrected chi connectivity index (χ2v) is 3.89. The van der Waals surface area contributed by atoms with Crippen molar-refractivity contribution in [2.45, 2.75) is 25.2 Å². The fraction of sp³-hybridized carbons (Fsp3) is 0.417. The minimum absolute atomic E-state index is 0.0791. The fourth-order valence-corrected chi connectivity index (χ4v) is 1.65. The van der Waals surface area contributed by atoms with E-state index in [4.69, 9.17) is 10.8 Å². The molecule has 1 unspecified atom stereocenters. The van der Waals surface area contributed by atoms with Crippen LogP contribution in [-0.4, -0.2) is 17.6 Å². The van der Waals surface area contributed by atoms with Gasteiger partial charge in [0, 0.05) is 6.61 Å². The van der Waals surface area contributed by atoms with E-state index in [1.54, 1.807) is 0 Å². The molecule has 0 saturated carbocycles. The first kappa shape index (κ1) is 11.7. The maximum absolute atomic E-state index is 11.5. The van der Waals surface area contributed by atoms with Crippen LogP contribution in [0.5, 0.6) is 0 Å². The highest BCUT2D eigenvalue weighted by Crippen LogP contribution is 2.28. The third-order valence-electron chi connectivity index (χ3n) is 2.79. The summed E-state index contributed by atoms with van der Waals surface area (Å²) < 4.78 is 0. The molecule has 15 heavy (non-hydrogen) atoms. The van der Waals surface area contributed by atoms with Crippen molar-refractivity contribution in [1.82, 2.24) is 0 Å². The van der Waals surface area contributed by atoms with Gasteiger partial charge in [-0.1, -0.05) is 30.3 Å². The van der Waals surface area contributed by atoms with Crippen LogP contribution >= 0.6 is 0 Å². The molecule has 0 bridgehead atoms. The molecule has 0 spiro atoms. The average molecular weight is 207 g/mol. The molecule has 0 aliphatic carbocycles. The van der Waals surface area contributed by atoms with Crippen LogP contribution in [0.25, 0.3) is 0 Å². The van der Waals surface area contributed by atoms with Gasteiger partial charge in [0.1, 0.15) is 0 Å². The molecular formula is C12H17NO2. The SMILES string of the molecule is CC(CCCO)(C(N)=O)c1ccccc1. The highest BCUT2D eigenvalue weighted by atomic mass is 16.3. The Bertz CT molecular complexity index is 324. The van der Waals surface area contributed by atoms with Gasteiger partial charge in [0.2, 0.25) is 5.91 Å². The summed E-state index contributed by atoms with van der Waals surface area (Å²) >= 11 is 0. The fourth-order valence-electron chi connectivity index (χ4n) is 1.65. The van der Waals surface area contributed by atoms with Crippen molar-refractivity contribution in [3.05, 3.63) is 35.9 Å². The van der Waals surface area contributed by atoms with Gasteiger partial charge < -0.3 is 10.8 Å². The van der Waals surface area contributed by atoms with Crippen LogP contribution in [0.15, 0.2) is 30.3 Å². The van der Waals surface area contributed by atoms with Crippen molar-refractivity contribution >= 4 is 5.91 Å². The highest BCUT2D eigenvalue weighted by Gasteiger charge is 2.32. The molecule has 0 aliphatic heterocycles. The zero-order valence-electron chi connectivity index (χ0n) is 8.94. The number of carbonyl (C=O) groups is 1. The molecule has 3 nitrogen and oxygen atoms in total. The number of nitrogens with two attached hydrogens (primary N) is 1. The Kier molecular flexibility index (Phi) is 3.86. The standard InChI is InChI=1S/C12H17NO2/c1-12(11(13)15,8-5-9-14)10-6-3-2-4-7-10/h2-4,6-7,14H,5,8-9H2,1H3,(H2,13,15). The Morgan fingerprint density at radius 2 is 2.00 bits per heavy atom. The summed E-state index contributed by atoms with van der Waals surface area (Å²) in [6, 6.07) is 9.45. The van der Waals surface area contributed by atoms with E-state index in [9.17, 15) is 4.79 Å². The summed E-state index contributed by atoms with van der Waals surface area (Å²) in [5, 5.41) is 8.81. The highest BCUT2D eigenvalue weighted by molar-refractivity contribution is 5.86. The van der Waals surface area contributed by atoms with Gasteiger partial charge in [0.15, 0.2) is 0 Å². The number of aliphatic hydroxyl groups excluding tert-OH is 1. The Morgan fingerprint density at radius 3 is 2.47 bits per heavy atom. The third-order valence-corrected chi connectivity index (χ3v) is 2.79. The van der Waals surface area contributed by atoms with Crippen LogP contribution < -0.4 is 5.73 Å². The zero-order chi connectivity index (χ0) is 11.3. The average Bonchev–Trinajstić information content (AvgIpc) is 2.27. The molecule has 3 heteroatoms. The summed E-state index contributed by atoms with van der Waals surface area (Å²) in [6.07, 6.45) is 1.15. The number of primary amides is 1. The molecule has 3 N–H and O–H groups in total. The van der Waals surface area contributed by atoms with Gasteiger partial charge in [-0.3, -0.25) is 4.79 Å². The molecule has 82 valence electrons. The topological polar surface area (TPSA) is 63.3 Å². The summed E-state index contributed by atoms with van der Waals surface area (Å²) in [4.78, 5) is 11.5. The van der Waals surface area contributed by atoms with E-state index in [2.05, 4.69) is 0 Å². The van der Waals surface area contributed by atoms with Gasteiger partial charge in [-0.25, -0.2) is 0 Å². The van der Waals surface area contributed by atoms with Crippen molar-refractivity contribution in [2.75, 3.05) is 6.61 Å². The maximum Gasteiger partial charge on any atom is 0.227 e. The van der Waals surface area contributed by atoms with E-state index < -0.39 is 5.41 Å². The second-order valence-electron chi connectivity index (χ2n) is 3.89. The number of hydrogen-bond acceptors (Lipinski definition) is 2. The number of aliphatic hydroxyl groups is 1. The molecule has 0 radical (unpaired) electrons. The van der Waals surface area contributed by atoms with Crippen LogP contribution in [0.1, 0.15) is 25.3 Å². The van der Waals surface area contributed by atoms with E-state index in [1.165, 1.54) is 0 Å². The smallest absolute Gasteiger partial charge is 0.227 e. The zero-order valence-corrected chi connectivity index (χ0v) is 8.94. The van der Waals surface area contributed by atoms with E-state index in [0.717, 1.165) is 5.56 Å². The van der Waals surface area contributed by atoms with Gasteiger partial charge in [0.25, 0.3) is 0 Å². The van der Waals surface area contributed by atoms with Crippen LogP contribution in [0.4, 0.5) is 0 Å². The third kappa shape index (κ3) is 2.57. The molecular weight excluding hydrogens is 190 g/mol. The van der Waals surface area contributed by atoms with E-state index in [-0.39, 0.29) is 12.5 Å².